The molecular weight excluding hydrogens is 235 g/mol. The van der Waals surface area contributed by atoms with E-state index < -0.39 is 0 Å². The van der Waals surface area contributed by atoms with E-state index in [-0.39, 0.29) is 11.4 Å². The predicted molar refractivity (Wildman–Crippen MR) is 64.2 cm³/mol. The number of benzene rings is 1. The highest BCUT2D eigenvalue weighted by molar-refractivity contribution is 5.75. The van der Waals surface area contributed by atoms with Crippen LogP contribution in [-0.4, -0.2) is 19.7 Å². The Morgan fingerprint density at radius 3 is 3.00 bits per heavy atom. The number of hydrogen-bond acceptors (Lipinski definition) is 3. The molecule has 0 bridgehead atoms. The highest BCUT2D eigenvalue weighted by Crippen LogP contribution is 2.14. The minimum absolute atomic E-state index is 0.250. The second-order valence-corrected chi connectivity index (χ2v) is 3.92. The normalized spacial score (nSPS) is 11.0. The molecule has 0 aliphatic carbocycles. The molecule has 0 aliphatic rings. The van der Waals surface area contributed by atoms with E-state index in [1.165, 1.54) is 23.0 Å². The van der Waals surface area contributed by atoms with E-state index in [0.717, 1.165) is 0 Å². The molecule has 0 aliphatic heterocycles. The topological polar surface area (TPSA) is 63.6 Å². The van der Waals surface area contributed by atoms with Crippen molar-refractivity contribution in [3.63, 3.8) is 0 Å². The fraction of sp³-hybridized carbons (Fsp3) is 0.0833. The third-order valence-corrected chi connectivity index (χ3v) is 2.61. The van der Waals surface area contributed by atoms with E-state index in [9.17, 15) is 9.18 Å². The summed E-state index contributed by atoms with van der Waals surface area (Å²) in [5.74, 6) is 0.128. The van der Waals surface area contributed by atoms with Crippen LogP contribution in [0.15, 0.2) is 35.3 Å². The fourth-order valence-corrected chi connectivity index (χ4v) is 1.83. The van der Waals surface area contributed by atoms with Gasteiger partial charge in [-0.05, 0) is 25.1 Å². The van der Waals surface area contributed by atoms with Gasteiger partial charge in [0.2, 0.25) is 0 Å². The standard InChI is InChI=1S/C12H9FN4O/c1-7-15-11-10(12(18)16-7)6-14-17(11)9-4-2-3-8(13)5-9/h2-6H,1H3,(H,15,16,18). The summed E-state index contributed by atoms with van der Waals surface area (Å²) in [6, 6.07) is 5.97. The van der Waals surface area contributed by atoms with E-state index in [1.54, 1.807) is 19.1 Å². The number of aromatic nitrogens is 4. The van der Waals surface area contributed by atoms with Gasteiger partial charge in [0.05, 0.1) is 11.9 Å². The SMILES string of the molecule is Cc1nc2c(cnn2-c2cccc(F)c2)c(=O)[nH]1. The zero-order valence-corrected chi connectivity index (χ0v) is 9.51. The van der Waals surface area contributed by atoms with E-state index in [1.807, 2.05) is 0 Å². The summed E-state index contributed by atoms with van der Waals surface area (Å²) < 4.78 is 14.6. The molecule has 0 saturated heterocycles. The smallest absolute Gasteiger partial charge is 0.262 e. The highest BCUT2D eigenvalue weighted by Gasteiger charge is 2.10. The molecule has 1 aromatic carbocycles. The minimum atomic E-state index is -0.363. The minimum Gasteiger partial charge on any atom is -0.310 e. The molecule has 0 fully saturated rings. The summed E-state index contributed by atoms with van der Waals surface area (Å²) >= 11 is 0. The van der Waals surface area contributed by atoms with Gasteiger partial charge in [-0.25, -0.2) is 14.1 Å². The zero-order valence-electron chi connectivity index (χ0n) is 9.51. The lowest BCUT2D eigenvalue weighted by Crippen LogP contribution is -2.10. The van der Waals surface area contributed by atoms with Gasteiger partial charge in [-0.3, -0.25) is 4.79 Å². The van der Waals surface area contributed by atoms with Crippen molar-refractivity contribution < 1.29 is 4.39 Å². The largest absolute Gasteiger partial charge is 0.310 e. The van der Waals surface area contributed by atoms with E-state index in [2.05, 4.69) is 15.1 Å². The van der Waals surface area contributed by atoms with Crippen molar-refractivity contribution in [3.8, 4) is 5.69 Å². The molecular formula is C12H9FN4O. The molecule has 90 valence electrons. The second kappa shape index (κ2) is 3.76. The lowest BCUT2D eigenvalue weighted by atomic mass is 10.3. The quantitative estimate of drug-likeness (QED) is 0.706. The first kappa shape index (κ1) is 10.6. The summed E-state index contributed by atoms with van der Waals surface area (Å²) in [7, 11) is 0. The van der Waals surface area contributed by atoms with Crippen LogP contribution < -0.4 is 5.56 Å². The molecule has 2 aromatic heterocycles. The zero-order chi connectivity index (χ0) is 12.7. The molecule has 0 radical (unpaired) electrons. The Bertz CT molecular complexity index is 790. The van der Waals surface area contributed by atoms with Crippen LogP contribution in [0, 0.1) is 12.7 Å². The number of fused-ring (bicyclic) bond motifs is 1. The molecule has 0 unspecified atom stereocenters. The third kappa shape index (κ3) is 1.58. The van der Waals surface area contributed by atoms with Gasteiger partial charge in [-0.15, -0.1) is 0 Å². The maximum atomic E-state index is 13.2. The lowest BCUT2D eigenvalue weighted by Gasteiger charge is -2.02. The van der Waals surface area contributed by atoms with Crippen LogP contribution in [0.2, 0.25) is 0 Å². The van der Waals surface area contributed by atoms with Crippen LogP contribution in [0.5, 0.6) is 0 Å². The lowest BCUT2D eigenvalue weighted by molar-refractivity contribution is 0.625. The number of H-pyrrole nitrogens is 1. The Hall–Kier alpha value is -2.50. The van der Waals surface area contributed by atoms with E-state index >= 15 is 0 Å². The Kier molecular flexibility index (Phi) is 2.22. The first-order chi connectivity index (χ1) is 8.65. The molecule has 2 heterocycles. The molecule has 3 rings (SSSR count). The number of aromatic amines is 1. The summed E-state index contributed by atoms with van der Waals surface area (Å²) in [5, 5.41) is 4.46. The van der Waals surface area contributed by atoms with Gasteiger partial charge in [-0.2, -0.15) is 5.10 Å². The highest BCUT2D eigenvalue weighted by atomic mass is 19.1. The average molecular weight is 244 g/mol. The molecule has 3 aromatic rings. The van der Waals surface area contributed by atoms with Crippen LogP contribution in [0.1, 0.15) is 5.82 Å². The number of halogens is 1. The monoisotopic (exact) mass is 244 g/mol. The summed E-state index contributed by atoms with van der Waals surface area (Å²) in [4.78, 5) is 18.5. The number of rotatable bonds is 1. The number of aryl methyl sites for hydroxylation is 1. The fourth-order valence-electron chi connectivity index (χ4n) is 1.83. The third-order valence-electron chi connectivity index (χ3n) is 2.61. The van der Waals surface area contributed by atoms with Crippen molar-refractivity contribution in [2.75, 3.05) is 0 Å². The van der Waals surface area contributed by atoms with Crippen LogP contribution >= 0.6 is 0 Å². The van der Waals surface area contributed by atoms with Crippen molar-refractivity contribution in [2.45, 2.75) is 6.92 Å². The molecule has 1 N–H and O–H groups in total. The maximum Gasteiger partial charge on any atom is 0.262 e. The summed E-state index contributed by atoms with van der Waals surface area (Å²) in [6.45, 7) is 1.68. The Morgan fingerprint density at radius 2 is 2.22 bits per heavy atom. The van der Waals surface area contributed by atoms with Gasteiger partial charge in [0.15, 0.2) is 5.65 Å². The number of hydrogen-bond donors (Lipinski definition) is 1. The van der Waals surface area contributed by atoms with Gasteiger partial charge in [-0.1, -0.05) is 6.07 Å². The van der Waals surface area contributed by atoms with Gasteiger partial charge in [0, 0.05) is 0 Å². The van der Waals surface area contributed by atoms with Crippen LogP contribution in [0.4, 0.5) is 4.39 Å². The first-order valence-corrected chi connectivity index (χ1v) is 5.36. The van der Waals surface area contributed by atoms with Crippen molar-refractivity contribution in [1.29, 1.82) is 0 Å². The van der Waals surface area contributed by atoms with Gasteiger partial charge < -0.3 is 4.98 Å². The second-order valence-electron chi connectivity index (χ2n) is 3.92. The van der Waals surface area contributed by atoms with Gasteiger partial charge in [0.25, 0.3) is 5.56 Å². The Labute approximate surface area is 101 Å². The first-order valence-electron chi connectivity index (χ1n) is 5.36. The van der Waals surface area contributed by atoms with Gasteiger partial charge in [0.1, 0.15) is 17.0 Å². The van der Waals surface area contributed by atoms with Crippen LogP contribution in [0.25, 0.3) is 16.7 Å². The van der Waals surface area contributed by atoms with Crippen LogP contribution in [0.3, 0.4) is 0 Å². The summed E-state index contributed by atoms with van der Waals surface area (Å²) in [5.41, 5.74) is 0.699. The van der Waals surface area contributed by atoms with Crippen molar-refractivity contribution >= 4 is 11.0 Å². The Morgan fingerprint density at radius 1 is 1.39 bits per heavy atom. The number of nitrogens with zero attached hydrogens (tertiary/aromatic N) is 3. The molecule has 6 heteroatoms. The molecule has 18 heavy (non-hydrogen) atoms. The van der Waals surface area contributed by atoms with E-state index in [4.69, 9.17) is 0 Å². The molecule has 0 atom stereocenters. The number of nitrogens with one attached hydrogen (secondary N) is 1. The van der Waals surface area contributed by atoms with Crippen molar-refractivity contribution in [2.24, 2.45) is 0 Å². The molecule has 0 spiro atoms. The maximum absolute atomic E-state index is 13.2. The molecule has 0 saturated carbocycles. The van der Waals surface area contributed by atoms with Crippen molar-refractivity contribution in [1.82, 2.24) is 19.7 Å². The van der Waals surface area contributed by atoms with Gasteiger partial charge >= 0.3 is 0 Å². The molecule has 5 nitrogen and oxygen atoms in total. The Balaban J connectivity index is 2.34. The molecule has 0 amide bonds. The van der Waals surface area contributed by atoms with Crippen LogP contribution in [-0.2, 0) is 0 Å². The van der Waals surface area contributed by atoms with Crippen molar-refractivity contribution in [3.05, 3.63) is 52.5 Å². The van der Waals surface area contributed by atoms with E-state index in [0.29, 0.717) is 22.5 Å². The predicted octanol–water partition coefficient (Wildman–Crippen LogP) is 1.56. The summed E-state index contributed by atoms with van der Waals surface area (Å²) in [6.07, 6.45) is 1.42. The average Bonchev–Trinajstić information content (AvgIpc) is 2.72.